The molecule has 0 saturated carbocycles. The molecular weight excluding hydrogens is 896 g/mol. The lowest BCUT2D eigenvalue weighted by molar-refractivity contribution is 0.590. The summed E-state index contributed by atoms with van der Waals surface area (Å²) in [4.78, 5) is 7.44. The number of rotatable bonds is 5. The van der Waals surface area contributed by atoms with Crippen molar-refractivity contribution in [3.8, 4) is 11.1 Å². The fraction of sp³-hybridized carbons (Fsp3) is 0.182. The van der Waals surface area contributed by atoms with Gasteiger partial charge in [-0.05, 0) is 134 Å². The van der Waals surface area contributed by atoms with E-state index in [1.54, 1.807) is 0 Å². The average molecular weight is 953 g/mol. The molecule has 0 atom stereocenters. The van der Waals surface area contributed by atoms with E-state index in [9.17, 15) is 0 Å². The van der Waals surface area contributed by atoms with Gasteiger partial charge in [-0.2, -0.15) is 0 Å². The van der Waals surface area contributed by atoms with Gasteiger partial charge in [0.05, 0.1) is 0 Å². The van der Waals surface area contributed by atoms with Gasteiger partial charge in [-0.15, -0.1) is 0 Å². The molecule has 72 heavy (non-hydrogen) atoms. The minimum absolute atomic E-state index is 0.0210. The first-order chi connectivity index (χ1) is 34.5. The summed E-state index contributed by atoms with van der Waals surface area (Å²) in [7, 11) is 0. The second-order valence-corrected chi connectivity index (χ2v) is 24.1. The summed E-state index contributed by atoms with van der Waals surface area (Å²) < 4.78 is 13.1. The lowest BCUT2D eigenvalue weighted by Crippen LogP contribution is -2.59. The Morgan fingerprint density at radius 2 is 0.931 bits per heavy atom. The molecule has 0 aliphatic carbocycles. The number of hydrogen-bond donors (Lipinski definition) is 0. The smallest absolute Gasteiger partial charge is 0.249 e. The third kappa shape index (κ3) is 7.28. The predicted molar refractivity (Wildman–Crippen MR) is 307 cm³/mol. The molecular formula is C66H57BN2O2S. The normalized spacial score (nSPS) is 13.5. The topological polar surface area (TPSA) is 32.8 Å². The molecule has 13 rings (SSSR count). The Balaban J connectivity index is 1.05. The number of hydrogen-bond acceptors (Lipinski definition) is 5. The number of benzene rings is 9. The zero-order chi connectivity index (χ0) is 49.4. The first-order valence-corrected chi connectivity index (χ1v) is 26.2. The molecule has 2 aromatic heterocycles. The maximum Gasteiger partial charge on any atom is 0.249 e. The molecule has 6 heteroatoms. The molecule has 2 aliphatic rings. The van der Waals surface area contributed by atoms with Gasteiger partial charge in [-0.1, -0.05) is 177 Å². The molecule has 0 saturated heterocycles. The third-order valence-electron chi connectivity index (χ3n) is 15.2. The van der Waals surface area contributed by atoms with Crippen molar-refractivity contribution in [1.29, 1.82) is 0 Å². The van der Waals surface area contributed by atoms with Crippen molar-refractivity contribution in [2.75, 3.05) is 9.80 Å². The molecule has 0 spiro atoms. The number of anilines is 6. The third-order valence-corrected chi connectivity index (χ3v) is 16.3. The van der Waals surface area contributed by atoms with Crippen LogP contribution in [0.25, 0.3) is 55.0 Å². The van der Waals surface area contributed by atoms with Crippen LogP contribution >= 0.6 is 11.8 Å². The van der Waals surface area contributed by atoms with Crippen LogP contribution in [0.4, 0.5) is 34.1 Å². The van der Waals surface area contributed by atoms with Gasteiger partial charge < -0.3 is 18.6 Å². The van der Waals surface area contributed by atoms with Crippen molar-refractivity contribution in [2.45, 2.75) is 88.3 Å². The first kappa shape index (κ1) is 44.5. The molecule has 2 aliphatic heterocycles. The van der Waals surface area contributed by atoms with Crippen molar-refractivity contribution < 1.29 is 8.83 Å². The zero-order valence-electron chi connectivity index (χ0n) is 42.5. The summed E-state index contributed by atoms with van der Waals surface area (Å²) in [6, 6.07) is 67.9. The Labute approximate surface area is 427 Å². The number of nitrogens with zero attached hydrogens (tertiary/aromatic N) is 2. The maximum absolute atomic E-state index is 6.72. The largest absolute Gasteiger partial charge is 0.456 e. The fourth-order valence-corrected chi connectivity index (χ4v) is 12.5. The second kappa shape index (κ2) is 16.1. The van der Waals surface area contributed by atoms with Crippen molar-refractivity contribution in [3.05, 3.63) is 199 Å². The van der Waals surface area contributed by atoms with Crippen LogP contribution in [0.1, 0.15) is 79.0 Å². The van der Waals surface area contributed by atoms with Gasteiger partial charge >= 0.3 is 0 Å². The van der Waals surface area contributed by atoms with Crippen LogP contribution in [0, 0.1) is 0 Å². The van der Waals surface area contributed by atoms with Gasteiger partial charge in [0, 0.05) is 71.5 Å². The lowest BCUT2D eigenvalue weighted by atomic mass is 9.34. The Morgan fingerprint density at radius 1 is 0.403 bits per heavy atom. The highest BCUT2D eigenvalue weighted by Gasteiger charge is 2.42. The quantitative estimate of drug-likeness (QED) is 0.161. The molecule has 0 fully saturated rings. The summed E-state index contributed by atoms with van der Waals surface area (Å²) in [6.45, 7) is 20.5. The highest BCUT2D eigenvalue weighted by Crippen LogP contribution is 2.48. The van der Waals surface area contributed by atoms with Gasteiger partial charge in [0.1, 0.15) is 22.3 Å². The predicted octanol–water partition coefficient (Wildman–Crippen LogP) is 17.3. The maximum atomic E-state index is 6.72. The van der Waals surface area contributed by atoms with Gasteiger partial charge in [0.15, 0.2) is 0 Å². The highest BCUT2D eigenvalue weighted by atomic mass is 32.2. The van der Waals surface area contributed by atoms with Crippen molar-refractivity contribution >= 4 is 113 Å². The van der Waals surface area contributed by atoms with E-state index in [1.807, 2.05) is 17.8 Å². The Bertz CT molecular complexity index is 3960. The molecule has 4 nitrogen and oxygen atoms in total. The molecule has 0 amide bonds. The summed E-state index contributed by atoms with van der Waals surface area (Å²) in [5, 5.41) is 4.49. The van der Waals surface area contributed by atoms with Crippen LogP contribution in [0.3, 0.4) is 0 Å². The van der Waals surface area contributed by atoms with Crippen LogP contribution in [0.2, 0.25) is 0 Å². The molecule has 0 N–H and O–H groups in total. The molecule has 9 aromatic carbocycles. The molecule has 0 unspecified atom stereocenters. The average Bonchev–Trinajstić information content (AvgIpc) is 3.92. The number of fused-ring (bicyclic) bond motifs is 10. The second-order valence-electron chi connectivity index (χ2n) is 23.0. The SMILES string of the molecule is CC(C)(C)c1ccc(-c2cc3c4c(c2)N(c2ccc(C(C)(C)C)cc2)c2cc5oc6ccccc6c5cc2B4c2ccc(N(c4ccc(C(C)(C)C)cc4)c4ccc5oc6ccccc6c5c4)cc2S3)cc1. The Kier molecular flexibility index (Phi) is 9.93. The van der Waals surface area contributed by atoms with Crippen LogP contribution in [-0.4, -0.2) is 6.71 Å². The summed E-state index contributed by atoms with van der Waals surface area (Å²) in [5.41, 5.74) is 20.6. The monoisotopic (exact) mass is 952 g/mol. The van der Waals surface area contributed by atoms with E-state index in [-0.39, 0.29) is 23.0 Å². The van der Waals surface area contributed by atoms with Crippen LogP contribution < -0.4 is 26.2 Å². The van der Waals surface area contributed by atoms with Gasteiger partial charge in [-0.3, -0.25) is 0 Å². The number of furan rings is 2. The van der Waals surface area contributed by atoms with E-state index in [4.69, 9.17) is 8.83 Å². The Hall–Kier alpha value is -7.41. The zero-order valence-corrected chi connectivity index (χ0v) is 43.3. The highest BCUT2D eigenvalue weighted by molar-refractivity contribution is 8.00. The molecule has 4 heterocycles. The molecule has 11 aromatic rings. The van der Waals surface area contributed by atoms with Crippen LogP contribution in [-0.2, 0) is 16.2 Å². The summed E-state index contributed by atoms with van der Waals surface area (Å²) in [6.07, 6.45) is 0. The van der Waals surface area contributed by atoms with E-state index in [0.29, 0.717) is 0 Å². The lowest BCUT2D eigenvalue weighted by Gasteiger charge is -2.41. The van der Waals surface area contributed by atoms with Crippen LogP contribution in [0.15, 0.2) is 201 Å². The van der Waals surface area contributed by atoms with Crippen molar-refractivity contribution in [1.82, 2.24) is 0 Å². The van der Waals surface area contributed by atoms with E-state index >= 15 is 0 Å². The number of para-hydroxylation sites is 2. The standard InChI is InChI=1S/C66H57BN2O2S/c1-64(2,3)42-20-18-40(19-21-42)41-34-56-63-62(35-41)72-61-37-48(68(45-26-22-43(23-27-45)65(4,5)6)47-31-33-59-51(36-47)49-14-10-12-16-57(49)70-59)30-32-53(61)67(63)54-38-52-50-15-11-13-17-58(50)71-60(52)39-55(54)69(56)46-28-24-44(25-29-46)66(7,8)9/h10-39H,1-9H3. The van der Waals surface area contributed by atoms with Gasteiger partial charge in [-0.25, -0.2) is 0 Å². The van der Waals surface area contributed by atoms with E-state index in [0.717, 1.165) is 72.3 Å². The minimum Gasteiger partial charge on any atom is -0.456 e. The van der Waals surface area contributed by atoms with E-state index < -0.39 is 0 Å². The first-order valence-electron chi connectivity index (χ1n) is 25.3. The van der Waals surface area contributed by atoms with E-state index in [2.05, 4.69) is 248 Å². The van der Waals surface area contributed by atoms with Crippen molar-refractivity contribution in [2.24, 2.45) is 0 Å². The van der Waals surface area contributed by atoms with Crippen molar-refractivity contribution in [3.63, 3.8) is 0 Å². The Morgan fingerprint density at radius 3 is 1.57 bits per heavy atom. The molecule has 0 bridgehead atoms. The van der Waals surface area contributed by atoms with Gasteiger partial charge in [0.2, 0.25) is 6.71 Å². The molecule has 0 radical (unpaired) electrons. The fourth-order valence-electron chi connectivity index (χ4n) is 11.2. The molecule has 352 valence electrons. The summed E-state index contributed by atoms with van der Waals surface area (Å²) in [5.74, 6) is 0. The summed E-state index contributed by atoms with van der Waals surface area (Å²) >= 11 is 1.90. The minimum atomic E-state index is -0.0380. The van der Waals surface area contributed by atoms with Gasteiger partial charge in [0.25, 0.3) is 0 Å². The van der Waals surface area contributed by atoms with Crippen LogP contribution in [0.5, 0.6) is 0 Å². The van der Waals surface area contributed by atoms with E-state index in [1.165, 1.54) is 59.7 Å².